The average Bonchev–Trinajstić information content (AvgIpc) is 2.59. The van der Waals surface area contributed by atoms with Gasteiger partial charge in [-0.2, -0.15) is 0 Å². The molecule has 1 fully saturated rings. The van der Waals surface area contributed by atoms with Crippen LogP contribution in [0, 0.1) is 5.41 Å². The Hall–Kier alpha value is -1.23. The van der Waals surface area contributed by atoms with E-state index in [2.05, 4.69) is 23.9 Å². The highest BCUT2D eigenvalue weighted by Crippen LogP contribution is 2.38. The normalized spacial score (nSPS) is 22.2. The molecule has 1 aromatic rings. The first-order valence-electron chi connectivity index (χ1n) is 6.58. The van der Waals surface area contributed by atoms with Gasteiger partial charge in [0.2, 0.25) is 10.0 Å². The summed E-state index contributed by atoms with van der Waals surface area (Å²) in [6.07, 6.45) is 4.77. The minimum atomic E-state index is -3.20. The number of rotatable bonds is 4. The van der Waals surface area contributed by atoms with Crippen molar-refractivity contribution in [2.75, 3.05) is 16.3 Å². The van der Waals surface area contributed by atoms with E-state index in [-0.39, 0.29) is 0 Å². The predicted octanol–water partition coefficient (Wildman–Crippen LogP) is 3.05. The number of hydrogen-bond acceptors (Lipinski definition) is 3. The summed E-state index contributed by atoms with van der Waals surface area (Å²) in [7, 11) is -3.20. The standard InChI is InChI=1S/C14H22N2O2S/c1-14(2)9-8-13(10-14)15-11-4-6-12(7-5-11)16-19(3,17)18/h4-7,13,15-16H,8-10H2,1-3H3. The maximum absolute atomic E-state index is 11.1. The summed E-state index contributed by atoms with van der Waals surface area (Å²) in [6.45, 7) is 4.60. The smallest absolute Gasteiger partial charge is 0.229 e. The molecule has 0 heterocycles. The molecular formula is C14H22N2O2S. The molecule has 4 nitrogen and oxygen atoms in total. The van der Waals surface area contributed by atoms with Crippen molar-refractivity contribution in [1.82, 2.24) is 0 Å². The molecule has 0 aliphatic heterocycles. The number of nitrogens with one attached hydrogen (secondary N) is 2. The predicted molar refractivity (Wildman–Crippen MR) is 80.0 cm³/mol. The van der Waals surface area contributed by atoms with Gasteiger partial charge in [0.05, 0.1) is 6.26 Å². The zero-order valence-electron chi connectivity index (χ0n) is 11.7. The zero-order valence-corrected chi connectivity index (χ0v) is 12.5. The van der Waals surface area contributed by atoms with Crippen LogP contribution in [0.4, 0.5) is 11.4 Å². The third-order valence-corrected chi connectivity index (χ3v) is 4.13. The summed E-state index contributed by atoms with van der Waals surface area (Å²) in [6, 6.07) is 7.91. The van der Waals surface area contributed by atoms with Gasteiger partial charge in [-0.1, -0.05) is 13.8 Å². The van der Waals surface area contributed by atoms with Gasteiger partial charge in [0.1, 0.15) is 0 Å². The van der Waals surface area contributed by atoms with Crippen molar-refractivity contribution in [1.29, 1.82) is 0 Å². The summed E-state index contributed by atoms with van der Waals surface area (Å²) in [5.74, 6) is 0. The van der Waals surface area contributed by atoms with Crippen LogP contribution in [0.2, 0.25) is 0 Å². The van der Waals surface area contributed by atoms with Crippen molar-refractivity contribution < 1.29 is 8.42 Å². The lowest BCUT2D eigenvalue weighted by Crippen LogP contribution is -2.17. The monoisotopic (exact) mass is 282 g/mol. The van der Waals surface area contributed by atoms with Crippen LogP contribution in [-0.2, 0) is 10.0 Å². The van der Waals surface area contributed by atoms with Crippen LogP contribution in [0.5, 0.6) is 0 Å². The summed E-state index contributed by atoms with van der Waals surface area (Å²) >= 11 is 0. The van der Waals surface area contributed by atoms with E-state index in [1.165, 1.54) is 19.3 Å². The fraction of sp³-hybridized carbons (Fsp3) is 0.571. The summed E-state index contributed by atoms with van der Waals surface area (Å²) < 4.78 is 24.7. The van der Waals surface area contributed by atoms with Crippen molar-refractivity contribution in [3.05, 3.63) is 24.3 Å². The molecule has 0 aromatic heterocycles. The Morgan fingerprint density at radius 3 is 2.21 bits per heavy atom. The number of benzene rings is 1. The maximum atomic E-state index is 11.1. The van der Waals surface area contributed by atoms with Crippen LogP contribution in [0.1, 0.15) is 33.1 Å². The van der Waals surface area contributed by atoms with E-state index in [9.17, 15) is 8.42 Å². The molecule has 0 spiro atoms. The van der Waals surface area contributed by atoms with Gasteiger partial charge in [0.25, 0.3) is 0 Å². The van der Waals surface area contributed by atoms with Crippen molar-refractivity contribution in [3.8, 4) is 0 Å². The average molecular weight is 282 g/mol. The van der Waals surface area contributed by atoms with Gasteiger partial charge in [-0.25, -0.2) is 8.42 Å². The third kappa shape index (κ3) is 4.42. The summed E-state index contributed by atoms with van der Waals surface area (Å²) in [4.78, 5) is 0. The van der Waals surface area contributed by atoms with Gasteiger partial charge in [-0.05, 0) is 48.9 Å². The van der Waals surface area contributed by atoms with Gasteiger partial charge in [0.15, 0.2) is 0 Å². The second-order valence-corrected chi connectivity index (χ2v) is 7.95. The fourth-order valence-electron chi connectivity index (χ4n) is 2.64. The minimum Gasteiger partial charge on any atom is -0.382 e. The molecule has 0 amide bonds. The molecule has 19 heavy (non-hydrogen) atoms. The van der Waals surface area contributed by atoms with E-state index >= 15 is 0 Å². The molecule has 2 N–H and O–H groups in total. The van der Waals surface area contributed by atoms with Gasteiger partial charge < -0.3 is 5.32 Å². The summed E-state index contributed by atoms with van der Waals surface area (Å²) in [5, 5.41) is 3.51. The Morgan fingerprint density at radius 1 is 1.16 bits per heavy atom. The van der Waals surface area contributed by atoms with Gasteiger partial charge in [-0.15, -0.1) is 0 Å². The molecule has 1 aliphatic carbocycles. The lowest BCUT2D eigenvalue weighted by Gasteiger charge is -2.18. The van der Waals surface area contributed by atoms with Gasteiger partial charge >= 0.3 is 0 Å². The van der Waals surface area contributed by atoms with Crippen LogP contribution < -0.4 is 10.0 Å². The molecule has 1 aliphatic rings. The molecule has 1 unspecified atom stereocenters. The van der Waals surface area contributed by atoms with Gasteiger partial charge in [0, 0.05) is 17.4 Å². The maximum Gasteiger partial charge on any atom is 0.229 e. The Balaban J connectivity index is 1.96. The number of sulfonamides is 1. The lowest BCUT2D eigenvalue weighted by molar-refractivity contribution is 0.378. The van der Waals surface area contributed by atoms with Crippen molar-refractivity contribution >= 4 is 21.4 Å². The van der Waals surface area contributed by atoms with Crippen molar-refractivity contribution in [2.45, 2.75) is 39.2 Å². The first-order valence-corrected chi connectivity index (χ1v) is 8.47. The third-order valence-electron chi connectivity index (χ3n) is 3.53. The SMILES string of the molecule is CC1(C)CCC(Nc2ccc(NS(C)(=O)=O)cc2)C1. The molecule has 2 rings (SSSR count). The van der Waals surface area contributed by atoms with Crippen LogP contribution in [-0.4, -0.2) is 20.7 Å². The molecule has 1 saturated carbocycles. The Kier molecular flexibility index (Phi) is 3.76. The van der Waals surface area contributed by atoms with Crippen LogP contribution >= 0.6 is 0 Å². The molecule has 1 atom stereocenters. The van der Waals surface area contributed by atoms with E-state index in [0.717, 1.165) is 11.9 Å². The number of anilines is 2. The molecule has 0 saturated heterocycles. The lowest BCUT2D eigenvalue weighted by atomic mass is 9.92. The molecule has 0 radical (unpaired) electrons. The Labute approximate surface area is 115 Å². The van der Waals surface area contributed by atoms with E-state index < -0.39 is 10.0 Å². The first kappa shape index (κ1) is 14.2. The topological polar surface area (TPSA) is 58.2 Å². The molecular weight excluding hydrogens is 260 g/mol. The second kappa shape index (κ2) is 5.04. The summed E-state index contributed by atoms with van der Waals surface area (Å²) in [5.41, 5.74) is 2.07. The number of hydrogen-bond donors (Lipinski definition) is 2. The van der Waals surface area contributed by atoms with E-state index in [1.807, 2.05) is 12.1 Å². The molecule has 106 valence electrons. The second-order valence-electron chi connectivity index (χ2n) is 6.20. The molecule has 5 heteroatoms. The largest absolute Gasteiger partial charge is 0.382 e. The Bertz CT molecular complexity index is 535. The van der Waals surface area contributed by atoms with E-state index in [4.69, 9.17) is 0 Å². The first-order chi connectivity index (χ1) is 8.73. The quantitative estimate of drug-likeness (QED) is 0.892. The van der Waals surface area contributed by atoms with E-state index in [1.54, 1.807) is 12.1 Å². The molecule has 0 bridgehead atoms. The van der Waals surface area contributed by atoms with Crippen LogP contribution in [0.25, 0.3) is 0 Å². The van der Waals surface area contributed by atoms with Crippen molar-refractivity contribution in [3.63, 3.8) is 0 Å². The van der Waals surface area contributed by atoms with Crippen LogP contribution in [0.3, 0.4) is 0 Å². The Morgan fingerprint density at radius 2 is 1.74 bits per heavy atom. The van der Waals surface area contributed by atoms with Crippen LogP contribution in [0.15, 0.2) is 24.3 Å². The minimum absolute atomic E-state index is 0.426. The highest BCUT2D eigenvalue weighted by molar-refractivity contribution is 7.92. The van der Waals surface area contributed by atoms with Gasteiger partial charge in [-0.3, -0.25) is 4.72 Å². The van der Waals surface area contributed by atoms with E-state index in [0.29, 0.717) is 17.1 Å². The molecule has 1 aromatic carbocycles. The highest BCUT2D eigenvalue weighted by atomic mass is 32.2. The zero-order chi connectivity index (χ0) is 14.1. The fourth-order valence-corrected chi connectivity index (χ4v) is 3.21. The highest BCUT2D eigenvalue weighted by Gasteiger charge is 2.30. The van der Waals surface area contributed by atoms with Crippen molar-refractivity contribution in [2.24, 2.45) is 5.41 Å².